The topological polar surface area (TPSA) is 88.1 Å². The molecule has 1 saturated heterocycles. The number of fused-ring (bicyclic) bond motifs is 1. The van der Waals surface area contributed by atoms with Crippen LogP contribution in [0.2, 0.25) is 0 Å². The Bertz CT molecular complexity index is 1490. The molecule has 0 spiro atoms. The largest absolute Gasteiger partial charge is 0.573 e. The summed E-state index contributed by atoms with van der Waals surface area (Å²) in [6, 6.07) is 6.27. The van der Waals surface area contributed by atoms with Crippen LogP contribution in [0.4, 0.5) is 34.9 Å². The molecule has 0 bridgehead atoms. The summed E-state index contributed by atoms with van der Waals surface area (Å²) >= 11 is 0. The zero-order chi connectivity index (χ0) is 26.3. The van der Waals surface area contributed by atoms with E-state index in [1.54, 1.807) is 18.3 Å². The predicted molar refractivity (Wildman–Crippen MR) is 134 cm³/mol. The van der Waals surface area contributed by atoms with Crippen LogP contribution in [0.1, 0.15) is 24.3 Å². The molecule has 38 heavy (non-hydrogen) atoms. The fourth-order valence-electron chi connectivity index (χ4n) is 4.60. The van der Waals surface area contributed by atoms with Crippen LogP contribution in [0, 0.1) is 5.82 Å². The third-order valence-electron chi connectivity index (χ3n) is 6.51. The Labute approximate surface area is 215 Å². The zero-order valence-electron chi connectivity index (χ0n) is 20.1. The van der Waals surface area contributed by atoms with Crippen LogP contribution in [0.5, 0.6) is 5.75 Å². The van der Waals surface area contributed by atoms with E-state index in [9.17, 15) is 17.6 Å². The lowest BCUT2D eigenvalue weighted by Gasteiger charge is -2.30. The van der Waals surface area contributed by atoms with E-state index in [1.165, 1.54) is 11.8 Å². The van der Waals surface area contributed by atoms with Crippen molar-refractivity contribution in [2.24, 2.45) is 0 Å². The van der Waals surface area contributed by atoms with E-state index in [0.717, 1.165) is 67.9 Å². The van der Waals surface area contributed by atoms with E-state index in [0.29, 0.717) is 23.4 Å². The molecule has 0 amide bonds. The monoisotopic (exact) mass is 525 g/mol. The van der Waals surface area contributed by atoms with E-state index in [2.05, 4.69) is 30.2 Å². The van der Waals surface area contributed by atoms with E-state index in [-0.39, 0.29) is 11.5 Å². The highest BCUT2D eigenvalue weighted by Crippen LogP contribution is 2.45. The molecule has 0 radical (unpaired) electrons. The first kappa shape index (κ1) is 24.3. The van der Waals surface area contributed by atoms with Crippen LogP contribution in [-0.4, -0.2) is 52.5 Å². The highest BCUT2D eigenvalue weighted by Gasteiger charge is 2.31. The quantitative estimate of drug-likeness (QED) is 0.334. The molecular weight excluding hydrogens is 502 g/mol. The van der Waals surface area contributed by atoms with Crippen LogP contribution >= 0.6 is 0 Å². The number of nitrogens with zero attached hydrogens (tertiary/aromatic N) is 5. The molecule has 4 aromatic rings. The van der Waals surface area contributed by atoms with Gasteiger partial charge in [-0.1, -0.05) is 0 Å². The van der Waals surface area contributed by atoms with Crippen molar-refractivity contribution in [3.05, 3.63) is 60.3 Å². The molecule has 0 atom stereocenters. The summed E-state index contributed by atoms with van der Waals surface area (Å²) < 4.78 is 55.6. The van der Waals surface area contributed by atoms with Gasteiger partial charge in [-0.05, 0) is 48.6 Å². The van der Waals surface area contributed by atoms with Crippen molar-refractivity contribution in [3.8, 4) is 17.1 Å². The molecule has 6 rings (SSSR count). The SMILES string of the molecule is Fc1cc(OC(F)(F)F)ccc1Nc1cc(-c2nc(N3CCNCC3)c3c(C4CC4)cncc3n2)ccn1. The molecule has 2 fully saturated rings. The molecule has 1 aliphatic heterocycles. The lowest BCUT2D eigenvalue weighted by atomic mass is 10.1. The molecule has 2 N–H and O–H groups in total. The molecule has 1 aromatic carbocycles. The number of benzene rings is 1. The van der Waals surface area contributed by atoms with Crippen LogP contribution < -0.4 is 20.3 Å². The second kappa shape index (κ2) is 9.67. The Hall–Kier alpha value is -4.06. The second-order valence-electron chi connectivity index (χ2n) is 9.25. The number of rotatable bonds is 6. The number of aromatic nitrogens is 4. The van der Waals surface area contributed by atoms with Gasteiger partial charge in [0.15, 0.2) is 5.82 Å². The molecule has 196 valence electrons. The van der Waals surface area contributed by atoms with Crippen molar-refractivity contribution in [1.29, 1.82) is 0 Å². The van der Waals surface area contributed by atoms with Gasteiger partial charge < -0.3 is 20.3 Å². The summed E-state index contributed by atoms with van der Waals surface area (Å²) in [6.07, 6.45) is 2.55. The molecule has 1 aliphatic carbocycles. The molecule has 3 aromatic heterocycles. The van der Waals surface area contributed by atoms with Crippen LogP contribution in [0.25, 0.3) is 22.3 Å². The van der Waals surface area contributed by atoms with Crippen LogP contribution in [0.3, 0.4) is 0 Å². The van der Waals surface area contributed by atoms with Gasteiger partial charge in [-0.3, -0.25) is 4.98 Å². The minimum Gasteiger partial charge on any atom is -0.406 e. The number of anilines is 3. The number of halogens is 4. The van der Waals surface area contributed by atoms with Crippen molar-refractivity contribution < 1.29 is 22.3 Å². The fourth-order valence-corrected chi connectivity index (χ4v) is 4.60. The number of alkyl halides is 3. The highest BCUT2D eigenvalue weighted by atomic mass is 19.4. The Morgan fingerprint density at radius 3 is 2.58 bits per heavy atom. The van der Waals surface area contributed by atoms with Gasteiger partial charge in [0, 0.05) is 55.6 Å². The van der Waals surface area contributed by atoms with Gasteiger partial charge >= 0.3 is 6.36 Å². The average molecular weight is 526 g/mol. The van der Waals surface area contributed by atoms with Crippen molar-refractivity contribution in [1.82, 2.24) is 25.3 Å². The zero-order valence-corrected chi connectivity index (χ0v) is 20.1. The fraction of sp³-hybridized carbons (Fsp3) is 0.308. The van der Waals surface area contributed by atoms with Gasteiger partial charge in [-0.15, -0.1) is 13.2 Å². The maximum absolute atomic E-state index is 14.5. The first-order valence-electron chi connectivity index (χ1n) is 12.2. The molecule has 4 heterocycles. The van der Waals surface area contributed by atoms with E-state index in [4.69, 9.17) is 9.97 Å². The predicted octanol–water partition coefficient (Wildman–Crippen LogP) is 5.16. The average Bonchev–Trinajstić information content (AvgIpc) is 3.75. The van der Waals surface area contributed by atoms with Gasteiger partial charge in [-0.25, -0.2) is 19.3 Å². The Balaban J connectivity index is 1.35. The van der Waals surface area contributed by atoms with Crippen molar-refractivity contribution >= 4 is 28.2 Å². The maximum atomic E-state index is 14.5. The lowest BCUT2D eigenvalue weighted by Crippen LogP contribution is -2.44. The van der Waals surface area contributed by atoms with Crippen molar-refractivity contribution in [3.63, 3.8) is 0 Å². The molecule has 12 heteroatoms. The van der Waals surface area contributed by atoms with E-state index in [1.807, 2.05) is 6.20 Å². The second-order valence-corrected chi connectivity index (χ2v) is 9.25. The van der Waals surface area contributed by atoms with Gasteiger partial charge in [-0.2, -0.15) is 0 Å². The van der Waals surface area contributed by atoms with Crippen molar-refractivity contribution in [2.45, 2.75) is 25.1 Å². The highest BCUT2D eigenvalue weighted by molar-refractivity contribution is 5.94. The minimum atomic E-state index is -4.91. The number of hydrogen-bond acceptors (Lipinski definition) is 8. The number of hydrogen-bond donors (Lipinski definition) is 2. The van der Waals surface area contributed by atoms with Crippen LogP contribution in [-0.2, 0) is 0 Å². The summed E-state index contributed by atoms with van der Waals surface area (Å²) in [5.74, 6) is 0.533. The molecule has 8 nitrogen and oxygen atoms in total. The first-order valence-corrected chi connectivity index (χ1v) is 12.2. The minimum absolute atomic E-state index is 0.0524. The summed E-state index contributed by atoms with van der Waals surface area (Å²) in [7, 11) is 0. The van der Waals surface area contributed by atoms with Gasteiger partial charge in [0.05, 0.1) is 17.4 Å². The van der Waals surface area contributed by atoms with E-state index >= 15 is 0 Å². The standard InChI is InChI=1S/C26H23F4N7O/c27-19-12-17(38-26(28,29)30)3-4-20(19)34-22-11-16(5-6-33-22)24-35-21-14-32-13-18(15-1-2-15)23(21)25(36-24)37-9-7-31-8-10-37/h3-6,11-15,31H,1-2,7-10H2,(H,33,34). The van der Waals surface area contributed by atoms with Crippen LogP contribution in [0.15, 0.2) is 48.9 Å². The Morgan fingerprint density at radius 2 is 1.84 bits per heavy atom. The maximum Gasteiger partial charge on any atom is 0.573 e. The van der Waals surface area contributed by atoms with Crippen molar-refractivity contribution in [2.75, 3.05) is 36.4 Å². The third-order valence-corrected chi connectivity index (χ3v) is 6.51. The first-order chi connectivity index (χ1) is 18.3. The molecule has 1 saturated carbocycles. The number of piperazine rings is 1. The molecule has 2 aliphatic rings. The van der Waals surface area contributed by atoms with Gasteiger partial charge in [0.25, 0.3) is 0 Å². The van der Waals surface area contributed by atoms with Gasteiger partial charge in [0.2, 0.25) is 0 Å². The number of pyridine rings is 2. The number of nitrogens with one attached hydrogen (secondary N) is 2. The lowest BCUT2D eigenvalue weighted by molar-refractivity contribution is -0.274. The summed E-state index contributed by atoms with van der Waals surface area (Å²) in [4.78, 5) is 20.7. The van der Waals surface area contributed by atoms with E-state index < -0.39 is 17.9 Å². The third kappa shape index (κ3) is 5.17. The normalized spacial score (nSPS) is 16.1. The van der Waals surface area contributed by atoms with Gasteiger partial charge in [0.1, 0.15) is 23.2 Å². The summed E-state index contributed by atoms with van der Waals surface area (Å²) in [5, 5.41) is 7.21. The smallest absolute Gasteiger partial charge is 0.406 e. The molecular formula is C26H23F4N7O. The summed E-state index contributed by atoms with van der Waals surface area (Å²) in [6.45, 7) is 3.33. The Kier molecular flexibility index (Phi) is 6.18. The Morgan fingerprint density at radius 1 is 1.03 bits per heavy atom. The summed E-state index contributed by atoms with van der Waals surface area (Å²) in [5.41, 5.74) is 2.53. The molecule has 0 unspecified atom stereocenters. The number of ether oxygens (including phenoxy) is 1.